The summed E-state index contributed by atoms with van der Waals surface area (Å²) in [4.78, 5) is 10.2. The number of carbonyl (C=O) groups excluding carboxylic acids is 1. The maximum absolute atomic E-state index is 10.2. The van der Waals surface area contributed by atoms with Crippen molar-refractivity contribution in [3.8, 4) is 0 Å². The largest absolute Gasteiger partial charge is 1.00 e. The van der Waals surface area contributed by atoms with Crippen LogP contribution in [0.15, 0.2) is 12.2 Å². The molecule has 118 valence electrons. The molecule has 0 saturated heterocycles. The topological polar surface area (TPSA) is 40.1 Å². The van der Waals surface area contributed by atoms with Crippen molar-refractivity contribution in [1.82, 2.24) is 0 Å². The monoisotopic (exact) mass is 304 g/mol. The van der Waals surface area contributed by atoms with Crippen LogP contribution in [0, 0.1) is 0 Å². The molecule has 0 bridgehead atoms. The molecule has 0 unspecified atom stereocenters. The molecule has 0 aliphatic rings. The average molecular weight is 304 g/mol. The quantitative estimate of drug-likeness (QED) is 0.263. The molecule has 0 amide bonds. The Morgan fingerprint density at radius 1 is 0.762 bits per heavy atom. The van der Waals surface area contributed by atoms with Gasteiger partial charge in [0.25, 0.3) is 0 Å². The van der Waals surface area contributed by atoms with Crippen LogP contribution < -0.4 is 34.7 Å². The molecule has 0 rings (SSSR count). The number of unbranched alkanes of at least 4 members (excludes halogenated alkanes) is 11. The second-order valence-electron chi connectivity index (χ2n) is 5.71. The summed E-state index contributed by atoms with van der Waals surface area (Å²) < 4.78 is 0. The van der Waals surface area contributed by atoms with Crippen molar-refractivity contribution in [1.29, 1.82) is 0 Å². The number of hydrogen-bond acceptors (Lipinski definition) is 2. The van der Waals surface area contributed by atoms with E-state index in [-0.39, 0.29) is 36.0 Å². The van der Waals surface area contributed by atoms with Crippen molar-refractivity contribution in [2.45, 2.75) is 96.8 Å². The van der Waals surface area contributed by atoms with Crippen molar-refractivity contribution in [3.63, 3.8) is 0 Å². The molecule has 0 heterocycles. The molecule has 0 aromatic heterocycles. The summed E-state index contributed by atoms with van der Waals surface area (Å²) >= 11 is 0. The van der Waals surface area contributed by atoms with Gasteiger partial charge in [-0.2, -0.15) is 0 Å². The molecular formula is C18H33NaO2. The number of carbonyl (C=O) groups is 1. The van der Waals surface area contributed by atoms with Crippen molar-refractivity contribution < 1.29 is 39.5 Å². The van der Waals surface area contributed by atoms with Gasteiger partial charge in [0, 0.05) is 5.97 Å². The number of carboxylic acid groups (broad SMARTS) is 1. The Morgan fingerprint density at radius 3 is 1.67 bits per heavy atom. The van der Waals surface area contributed by atoms with Crippen LogP contribution in [-0.4, -0.2) is 5.97 Å². The van der Waals surface area contributed by atoms with Crippen LogP contribution in [0.2, 0.25) is 0 Å². The number of hydrogen-bond donors (Lipinski definition) is 0. The van der Waals surface area contributed by atoms with Crippen molar-refractivity contribution in [2.75, 3.05) is 0 Å². The minimum absolute atomic E-state index is 0. The fraction of sp³-hybridized carbons (Fsp3) is 0.833. The summed E-state index contributed by atoms with van der Waals surface area (Å²) in [6, 6.07) is 0. The van der Waals surface area contributed by atoms with Crippen LogP contribution in [0.5, 0.6) is 0 Å². The van der Waals surface area contributed by atoms with Gasteiger partial charge in [0.15, 0.2) is 0 Å². The Labute approximate surface area is 154 Å². The second kappa shape index (κ2) is 20.2. The minimum atomic E-state index is -0.914. The fourth-order valence-corrected chi connectivity index (χ4v) is 2.34. The SMILES string of the molecule is CCCCCCCC/C=C/CCCCCCCC(=O)[O-].[Na+]. The van der Waals surface area contributed by atoms with Crippen LogP contribution in [0.3, 0.4) is 0 Å². The molecule has 21 heavy (non-hydrogen) atoms. The predicted molar refractivity (Wildman–Crippen MR) is 84.5 cm³/mol. The molecule has 0 N–H and O–H groups in total. The first-order valence-electron chi connectivity index (χ1n) is 8.62. The first-order valence-corrected chi connectivity index (χ1v) is 8.62. The van der Waals surface area contributed by atoms with E-state index in [0.717, 1.165) is 19.3 Å². The van der Waals surface area contributed by atoms with Gasteiger partial charge in [-0.05, 0) is 38.5 Å². The normalized spacial score (nSPS) is 10.7. The predicted octanol–water partition coefficient (Wildman–Crippen LogP) is 1.78. The second-order valence-corrected chi connectivity index (χ2v) is 5.71. The van der Waals surface area contributed by atoms with Gasteiger partial charge in [0.2, 0.25) is 0 Å². The van der Waals surface area contributed by atoms with Gasteiger partial charge in [-0.25, -0.2) is 0 Å². The molecule has 0 spiro atoms. The maximum Gasteiger partial charge on any atom is 1.00 e. The third kappa shape index (κ3) is 22.6. The third-order valence-electron chi connectivity index (χ3n) is 3.64. The number of carboxylic acids is 1. The van der Waals surface area contributed by atoms with Crippen LogP contribution in [0.4, 0.5) is 0 Å². The fourth-order valence-electron chi connectivity index (χ4n) is 2.34. The third-order valence-corrected chi connectivity index (χ3v) is 3.64. The molecule has 2 nitrogen and oxygen atoms in total. The Kier molecular flexibility index (Phi) is 22.6. The first-order chi connectivity index (χ1) is 9.77. The maximum atomic E-state index is 10.2. The van der Waals surface area contributed by atoms with Crippen LogP contribution in [0.25, 0.3) is 0 Å². The Morgan fingerprint density at radius 2 is 1.19 bits per heavy atom. The Bertz CT molecular complexity index is 239. The van der Waals surface area contributed by atoms with Crippen LogP contribution >= 0.6 is 0 Å². The zero-order valence-electron chi connectivity index (χ0n) is 14.4. The van der Waals surface area contributed by atoms with Gasteiger partial charge in [-0.15, -0.1) is 0 Å². The van der Waals surface area contributed by atoms with Crippen molar-refractivity contribution >= 4 is 5.97 Å². The molecule has 0 aromatic rings. The molecular weight excluding hydrogens is 271 g/mol. The zero-order chi connectivity index (χ0) is 14.9. The van der Waals surface area contributed by atoms with Gasteiger partial charge in [0.1, 0.15) is 0 Å². The molecule has 3 heteroatoms. The summed E-state index contributed by atoms with van der Waals surface area (Å²) in [5, 5.41) is 10.2. The van der Waals surface area contributed by atoms with E-state index in [9.17, 15) is 9.90 Å². The molecule has 0 atom stereocenters. The van der Waals surface area contributed by atoms with Gasteiger partial charge in [-0.1, -0.05) is 70.4 Å². The van der Waals surface area contributed by atoms with Crippen LogP contribution in [0.1, 0.15) is 96.8 Å². The van der Waals surface area contributed by atoms with E-state index in [1.807, 2.05) is 0 Å². The van der Waals surface area contributed by atoms with Crippen LogP contribution in [-0.2, 0) is 4.79 Å². The Balaban J connectivity index is 0. The van der Waals surface area contributed by atoms with Crippen molar-refractivity contribution in [2.24, 2.45) is 0 Å². The molecule has 0 fully saturated rings. The zero-order valence-corrected chi connectivity index (χ0v) is 16.4. The molecule has 0 saturated carbocycles. The standard InChI is InChI=1S/C18H34O2.Na/c1-2-3-4-5-6-7-8-9-10-11-12-13-14-15-16-17-18(19)20;/h9-10H,2-8,11-17H2,1H3,(H,19,20);/q;+1/p-1/b10-9+;. The number of allylic oxidation sites excluding steroid dienone is 2. The average Bonchev–Trinajstić information content (AvgIpc) is 2.43. The summed E-state index contributed by atoms with van der Waals surface area (Å²) in [6.07, 6.45) is 20.9. The van der Waals surface area contributed by atoms with Gasteiger partial charge < -0.3 is 9.90 Å². The van der Waals surface area contributed by atoms with E-state index >= 15 is 0 Å². The van der Waals surface area contributed by atoms with Crippen molar-refractivity contribution in [3.05, 3.63) is 12.2 Å². The molecule has 0 aliphatic carbocycles. The Hall–Kier alpha value is 0.210. The first kappa shape index (κ1) is 23.5. The molecule has 0 aliphatic heterocycles. The van der Waals surface area contributed by atoms with E-state index in [2.05, 4.69) is 19.1 Å². The summed E-state index contributed by atoms with van der Waals surface area (Å²) in [5.74, 6) is -0.914. The van der Waals surface area contributed by atoms with E-state index < -0.39 is 5.97 Å². The van der Waals surface area contributed by atoms with E-state index in [0.29, 0.717) is 0 Å². The summed E-state index contributed by atoms with van der Waals surface area (Å²) in [5.41, 5.74) is 0. The van der Waals surface area contributed by atoms with E-state index in [1.165, 1.54) is 64.2 Å². The summed E-state index contributed by atoms with van der Waals surface area (Å²) in [6.45, 7) is 2.26. The molecule has 0 radical (unpaired) electrons. The number of aliphatic carboxylic acids is 1. The van der Waals surface area contributed by atoms with Gasteiger partial charge >= 0.3 is 29.6 Å². The van der Waals surface area contributed by atoms with Gasteiger partial charge in [-0.3, -0.25) is 0 Å². The van der Waals surface area contributed by atoms with E-state index in [4.69, 9.17) is 0 Å². The number of rotatable bonds is 15. The van der Waals surface area contributed by atoms with E-state index in [1.54, 1.807) is 0 Å². The summed E-state index contributed by atoms with van der Waals surface area (Å²) in [7, 11) is 0. The molecule has 0 aromatic carbocycles. The smallest absolute Gasteiger partial charge is 0.550 e. The minimum Gasteiger partial charge on any atom is -0.550 e. The van der Waals surface area contributed by atoms with Gasteiger partial charge in [0.05, 0.1) is 0 Å².